The molecule has 0 radical (unpaired) electrons. The summed E-state index contributed by atoms with van der Waals surface area (Å²) in [6.07, 6.45) is 0. The van der Waals surface area contributed by atoms with Crippen LogP contribution < -0.4 is 11.2 Å². The smallest absolute Gasteiger partial charge is 0.399 e. The fourth-order valence-corrected chi connectivity index (χ4v) is 2.13. The van der Waals surface area contributed by atoms with Crippen LogP contribution in [-0.2, 0) is 9.31 Å². The van der Waals surface area contributed by atoms with Crippen molar-refractivity contribution in [1.82, 2.24) is 0 Å². The summed E-state index contributed by atoms with van der Waals surface area (Å²) in [5, 5.41) is 0. The number of nitrogens with zero attached hydrogens (tertiary/aromatic N) is 1. The molecule has 0 unspecified atom stereocenters. The van der Waals surface area contributed by atoms with Crippen LogP contribution in [-0.4, -0.2) is 31.1 Å². The van der Waals surface area contributed by atoms with Gasteiger partial charge in [0, 0.05) is 24.0 Å². The standard InChI is InChI=1S/C15H23BN2O2/c1-10(18-6)12-9-11(7-8-13(12)17)16-19-14(2,3)15(4,5)20-16/h7-9H,17H2,1-6H3. The van der Waals surface area contributed by atoms with Crippen molar-refractivity contribution in [3.05, 3.63) is 23.8 Å². The molecule has 0 bridgehead atoms. The minimum absolute atomic E-state index is 0.340. The van der Waals surface area contributed by atoms with Gasteiger partial charge in [0.25, 0.3) is 0 Å². The summed E-state index contributed by atoms with van der Waals surface area (Å²) in [5.41, 5.74) is 8.85. The van der Waals surface area contributed by atoms with E-state index in [4.69, 9.17) is 15.0 Å². The second kappa shape index (κ2) is 4.90. The fourth-order valence-electron chi connectivity index (χ4n) is 2.13. The average Bonchev–Trinajstić information content (AvgIpc) is 2.58. The van der Waals surface area contributed by atoms with Crippen molar-refractivity contribution in [1.29, 1.82) is 0 Å². The Balaban J connectivity index is 2.37. The third kappa shape index (κ3) is 2.48. The summed E-state index contributed by atoms with van der Waals surface area (Å²) in [7, 11) is 1.39. The van der Waals surface area contributed by atoms with Gasteiger partial charge in [0.05, 0.1) is 11.2 Å². The Hall–Kier alpha value is -1.33. The first-order valence-electron chi connectivity index (χ1n) is 6.87. The lowest BCUT2D eigenvalue weighted by Crippen LogP contribution is -2.41. The predicted octanol–water partition coefficient (Wildman–Crippen LogP) is 2.01. The number of rotatable bonds is 2. The molecular weight excluding hydrogens is 251 g/mol. The van der Waals surface area contributed by atoms with Gasteiger partial charge in [-0.2, -0.15) is 0 Å². The van der Waals surface area contributed by atoms with Crippen LogP contribution >= 0.6 is 0 Å². The normalized spacial score (nSPS) is 21.3. The van der Waals surface area contributed by atoms with E-state index >= 15 is 0 Å². The molecule has 5 heteroatoms. The second-order valence-corrected chi connectivity index (χ2v) is 6.24. The summed E-state index contributed by atoms with van der Waals surface area (Å²) in [6, 6.07) is 5.83. The molecule has 1 aromatic rings. The van der Waals surface area contributed by atoms with Crippen molar-refractivity contribution < 1.29 is 9.31 Å². The van der Waals surface area contributed by atoms with E-state index < -0.39 is 0 Å². The Morgan fingerprint density at radius 2 is 1.70 bits per heavy atom. The van der Waals surface area contributed by atoms with E-state index in [-0.39, 0.29) is 18.3 Å². The topological polar surface area (TPSA) is 56.8 Å². The third-order valence-corrected chi connectivity index (χ3v) is 4.33. The highest BCUT2D eigenvalue weighted by molar-refractivity contribution is 6.62. The lowest BCUT2D eigenvalue weighted by molar-refractivity contribution is 0.00578. The first-order chi connectivity index (χ1) is 9.18. The van der Waals surface area contributed by atoms with Crippen molar-refractivity contribution in [2.75, 3.05) is 12.8 Å². The zero-order valence-corrected chi connectivity index (χ0v) is 13.2. The maximum absolute atomic E-state index is 6.06. The first-order valence-corrected chi connectivity index (χ1v) is 6.87. The molecular formula is C15H23BN2O2. The maximum Gasteiger partial charge on any atom is 0.494 e. The quantitative estimate of drug-likeness (QED) is 0.510. The van der Waals surface area contributed by atoms with E-state index in [1.807, 2.05) is 52.8 Å². The van der Waals surface area contributed by atoms with E-state index in [0.29, 0.717) is 5.69 Å². The van der Waals surface area contributed by atoms with E-state index in [1.165, 1.54) is 0 Å². The van der Waals surface area contributed by atoms with Gasteiger partial charge in [-0.15, -0.1) is 0 Å². The Bertz CT molecular complexity index is 537. The van der Waals surface area contributed by atoms with Gasteiger partial charge in [0.15, 0.2) is 0 Å². The number of benzene rings is 1. The van der Waals surface area contributed by atoms with Crippen molar-refractivity contribution >= 4 is 24.0 Å². The minimum Gasteiger partial charge on any atom is -0.399 e. The van der Waals surface area contributed by atoms with Crippen LogP contribution in [0.2, 0.25) is 0 Å². The Morgan fingerprint density at radius 1 is 1.15 bits per heavy atom. The van der Waals surface area contributed by atoms with Gasteiger partial charge in [-0.3, -0.25) is 4.99 Å². The zero-order chi connectivity index (χ0) is 15.1. The second-order valence-electron chi connectivity index (χ2n) is 6.24. The number of aliphatic imine (C=N–C) groups is 1. The molecule has 0 spiro atoms. The van der Waals surface area contributed by atoms with Crippen molar-refractivity contribution in [2.24, 2.45) is 4.99 Å². The highest BCUT2D eigenvalue weighted by atomic mass is 16.7. The molecule has 0 atom stereocenters. The molecule has 0 saturated carbocycles. The highest BCUT2D eigenvalue weighted by Crippen LogP contribution is 2.36. The van der Waals surface area contributed by atoms with Crippen LogP contribution in [0, 0.1) is 0 Å². The molecule has 0 aliphatic carbocycles. The maximum atomic E-state index is 6.06. The zero-order valence-electron chi connectivity index (χ0n) is 13.2. The van der Waals surface area contributed by atoms with Crippen LogP contribution in [0.15, 0.2) is 23.2 Å². The molecule has 2 rings (SSSR count). The van der Waals surface area contributed by atoms with E-state index in [0.717, 1.165) is 16.7 Å². The SMILES string of the molecule is CN=C(C)c1cc(B2OC(C)(C)C(C)(C)O2)ccc1N. The van der Waals surface area contributed by atoms with Crippen LogP contribution in [0.1, 0.15) is 40.2 Å². The van der Waals surface area contributed by atoms with Gasteiger partial charge in [0.1, 0.15) is 0 Å². The van der Waals surface area contributed by atoms with Gasteiger partial charge in [0.2, 0.25) is 0 Å². The molecule has 2 N–H and O–H groups in total. The molecule has 4 nitrogen and oxygen atoms in total. The van der Waals surface area contributed by atoms with Crippen LogP contribution in [0.25, 0.3) is 0 Å². The Morgan fingerprint density at radius 3 is 2.20 bits per heavy atom. The summed E-state index contributed by atoms with van der Waals surface area (Å²) >= 11 is 0. The van der Waals surface area contributed by atoms with Crippen LogP contribution in [0.4, 0.5) is 5.69 Å². The minimum atomic E-state index is -0.371. The van der Waals surface area contributed by atoms with Crippen molar-refractivity contribution in [3.8, 4) is 0 Å². The number of hydrogen-bond donors (Lipinski definition) is 1. The monoisotopic (exact) mass is 274 g/mol. The lowest BCUT2D eigenvalue weighted by Gasteiger charge is -2.32. The van der Waals surface area contributed by atoms with Gasteiger partial charge in [-0.25, -0.2) is 0 Å². The largest absolute Gasteiger partial charge is 0.494 e. The third-order valence-electron chi connectivity index (χ3n) is 4.33. The molecule has 1 aliphatic rings. The Labute approximate surface area is 121 Å². The average molecular weight is 274 g/mol. The molecule has 20 heavy (non-hydrogen) atoms. The molecule has 108 valence electrons. The Kier molecular flexibility index (Phi) is 3.69. The van der Waals surface area contributed by atoms with E-state index in [2.05, 4.69) is 4.99 Å². The number of anilines is 1. The van der Waals surface area contributed by atoms with Gasteiger partial charge in [-0.05, 0) is 46.1 Å². The molecule has 1 aromatic carbocycles. The van der Waals surface area contributed by atoms with Crippen LogP contribution in [0.3, 0.4) is 0 Å². The van der Waals surface area contributed by atoms with Gasteiger partial charge >= 0.3 is 7.12 Å². The molecule has 0 aromatic heterocycles. The first kappa shape index (κ1) is 15.1. The summed E-state index contributed by atoms with van der Waals surface area (Å²) in [4.78, 5) is 4.20. The fraction of sp³-hybridized carbons (Fsp3) is 0.533. The molecule has 1 aliphatic heterocycles. The summed E-state index contributed by atoms with van der Waals surface area (Å²) in [6.45, 7) is 10.1. The molecule has 0 amide bonds. The predicted molar refractivity (Wildman–Crippen MR) is 84.7 cm³/mol. The van der Waals surface area contributed by atoms with Crippen molar-refractivity contribution in [3.63, 3.8) is 0 Å². The van der Waals surface area contributed by atoms with Crippen molar-refractivity contribution in [2.45, 2.75) is 45.8 Å². The number of nitrogen functional groups attached to an aromatic ring is 1. The highest BCUT2D eigenvalue weighted by Gasteiger charge is 2.51. The van der Waals surface area contributed by atoms with E-state index in [9.17, 15) is 0 Å². The molecule has 1 heterocycles. The summed E-state index contributed by atoms with van der Waals surface area (Å²) in [5.74, 6) is 0. The number of hydrogen-bond acceptors (Lipinski definition) is 4. The number of nitrogens with two attached hydrogens (primary N) is 1. The van der Waals surface area contributed by atoms with Gasteiger partial charge in [-0.1, -0.05) is 12.1 Å². The lowest BCUT2D eigenvalue weighted by atomic mass is 9.78. The summed E-state index contributed by atoms with van der Waals surface area (Å²) < 4.78 is 12.1. The van der Waals surface area contributed by atoms with E-state index in [1.54, 1.807) is 7.05 Å². The molecule has 1 fully saturated rings. The molecule has 1 saturated heterocycles. The van der Waals surface area contributed by atoms with Crippen LogP contribution in [0.5, 0.6) is 0 Å². The van der Waals surface area contributed by atoms with Gasteiger partial charge < -0.3 is 15.0 Å².